The molecule has 0 fully saturated rings. The summed E-state index contributed by atoms with van der Waals surface area (Å²) in [6.07, 6.45) is 0. The van der Waals surface area contributed by atoms with Crippen LogP contribution in [0.2, 0.25) is 0 Å². The summed E-state index contributed by atoms with van der Waals surface area (Å²) >= 11 is 5.71. The Bertz CT molecular complexity index is 480. The number of fused-ring (bicyclic) bond motifs is 1. The first-order chi connectivity index (χ1) is 6.70. The Labute approximate surface area is 88.0 Å². The molecule has 0 spiro atoms. The molecule has 0 bridgehead atoms. The first-order valence-corrected chi connectivity index (χ1v) is 5.04. The topological polar surface area (TPSA) is 25.8 Å². The molecule has 2 rings (SSSR count). The van der Waals surface area contributed by atoms with E-state index in [1.165, 1.54) is 5.56 Å². The first-order valence-electron chi connectivity index (χ1n) is 4.50. The molecule has 0 amide bonds. The van der Waals surface area contributed by atoms with Gasteiger partial charge in [0.1, 0.15) is 5.82 Å². The molecule has 0 saturated carbocycles. The lowest BCUT2D eigenvalue weighted by atomic mass is 10.1. The van der Waals surface area contributed by atoms with E-state index in [2.05, 4.69) is 35.1 Å². The molecule has 1 heterocycles. The van der Waals surface area contributed by atoms with E-state index in [9.17, 15) is 0 Å². The van der Waals surface area contributed by atoms with Crippen molar-refractivity contribution in [2.45, 2.75) is 19.7 Å². The number of alkyl halides is 1. The minimum atomic E-state index is 0.366. The van der Waals surface area contributed by atoms with Crippen molar-refractivity contribution < 1.29 is 0 Å². The summed E-state index contributed by atoms with van der Waals surface area (Å²) in [5, 5.41) is 1.10. The van der Waals surface area contributed by atoms with Gasteiger partial charge in [-0.1, -0.05) is 12.1 Å². The van der Waals surface area contributed by atoms with Gasteiger partial charge < -0.3 is 0 Å². The van der Waals surface area contributed by atoms with Crippen LogP contribution < -0.4 is 0 Å². The molecule has 0 aliphatic rings. The third-order valence-electron chi connectivity index (χ3n) is 2.21. The summed E-state index contributed by atoms with van der Waals surface area (Å²) < 4.78 is 0. The highest BCUT2D eigenvalue weighted by molar-refractivity contribution is 6.16. The van der Waals surface area contributed by atoms with Gasteiger partial charge in [0.15, 0.2) is 0 Å². The smallest absolute Gasteiger partial charge is 0.144 e. The molecule has 0 unspecified atom stereocenters. The van der Waals surface area contributed by atoms with Crippen molar-refractivity contribution in [2.75, 3.05) is 0 Å². The Morgan fingerprint density at radius 1 is 1.21 bits per heavy atom. The van der Waals surface area contributed by atoms with Crippen molar-refractivity contribution in [2.24, 2.45) is 0 Å². The number of aryl methyl sites for hydroxylation is 2. The number of halogens is 1. The van der Waals surface area contributed by atoms with Crippen molar-refractivity contribution >= 4 is 22.5 Å². The first kappa shape index (κ1) is 9.41. The highest BCUT2D eigenvalue weighted by Crippen LogP contribution is 2.17. The van der Waals surface area contributed by atoms with Crippen LogP contribution in [0.15, 0.2) is 18.2 Å². The lowest BCUT2D eigenvalue weighted by Crippen LogP contribution is -1.95. The van der Waals surface area contributed by atoms with Crippen LogP contribution in [-0.2, 0) is 5.88 Å². The third kappa shape index (κ3) is 1.58. The molecule has 3 heteroatoms. The predicted octanol–water partition coefficient (Wildman–Crippen LogP) is 2.99. The number of hydrogen-bond acceptors (Lipinski definition) is 2. The van der Waals surface area contributed by atoms with Crippen LogP contribution in [0.4, 0.5) is 0 Å². The van der Waals surface area contributed by atoms with E-state index in [4.69, 9.17) is 11.6 Å². The van der Waals surface area contributed by atoms with E-state index in [1.807, 2.05) is 6.92 Å². The van der Waals surface area contributed by atoms with E-state index in [-0.39, 0.29) is 0 Å². The molecule has 0 aliphatic heterocycles. The number of nitrogens with zero attached hydrogens (tertiary/aromatic N) is 2. The van der Waals surface area contributed by atoms with Gasteiger partial charge in [0, 0.05) is 11.1 Å². The molecule has 14 heavy (non-hydrogen) atoms. The van der Waals surface area contributed by atoms with Gasteiger partial charge in [-0.2, -0.15) is 0 Å². The second kappa shape index (κ2) is 3.54. The van der Waals surface area contributed by atoms with Crippen LogP contribution in [0.25, 0.3) is 10.9 Å². The van der Waals surface area contributed by atoms with Crippen LogP contribution in [-0.4, -0.2) is 9.97 Å². The van der Waals surface area contributed by atoms with Gasteiger partial charge in [0.05, 0.1) is 11.4 Å². The van der Waals surface area contributed by atoms with E-state index >= 15 is 0 Å². The predicted molar refractivity (Wildman–Crippen MR) is 58.6 cm³/mol. The molecule has 0 saturated heterocycles. The van der Waals surface area contributed by atoms with Crippen LogP contribution in [0.3, 0.4) is 0 Å². The lowest BCUT2D eigenvalue weighted by Gasteiger charge is -2.03. The van der Waals surface area contributed by atoms with Crippen LogP contribution in [0.1, 0.15) is 17.1 Å². The monoisotopic (exact) mass is 206 g/mol. The number of aromatic nitrogens is 2. The summed E-state index contributed by atoms with van der Waals surface area (Å²) in [7, 11) is 0. The molecule has 0 atom stereocenters. The average Bonchev–Trinajstić information content (AvgIpc) is 2.16. The second-order valence-electron chi connectivity index (χ2n) is 3.38. The van der Waals surface area contributed by atoms with Crippen molar-refractivity contribution in [1.29, 1.82) is 0 Å². The van der Waals surface area contributed by atoms with Crippen molar-refractivity contribution in [3.63, 3.8) is 0 Å². The van der Waals surface area contributed by atoms with Crippen LogP contribution in [0, 0.1) is 13.8 Å². The maximum Gasteiger partial charge on any atom is 0.144 e. The summed E-state index contributed by atoms with van der Waals surface area (Å²) in [4.78, 5) is 8.68. The van der Waals surface area contributed by atoms with Crippen molar-refractivity contribution in [1.82, 2.24) is 9.97 Å². The SMILES string of the molecule is Cc1ccc2c(C)nc(CCl)nc2c1. The van der Waals surface area contributed by atoms with Gasteiger partial charge in [0.25, 0.3) is 0 Å². The maximum atomic E-state index is 5.71. The van der Waals surface area contributed by atoms with Gasteiger partial charge in [-0.15, -0.1) is 11.6 Å². The lowest BCUT2D eigenvalue weighted by molar-refractivity contribution is 1.03. The van der Waals surface area contributed by atoms with Gasteiger partial charge in [-0.25, -0.2) is 9.97 Å². The van der Waals surface area contributed by atoms with E-state index in [0.29, 0.717) is 11.7 Å². The summed E-state index contributed by atoms with van der Waals surface area (Å²) in [6, 6.07) is 6.18. The van der Waals surface area contributed by atoms with E-state index < -0.39 is 0 Å². The summed E-state index contributed by atoms with van der Waals surface area (Å²) in [5.74, 6) is 1.06. The highest BCUT2D eigenvalue weighted by atomic mass is 35.5. The highest BCUT2D eigenvalue weighted by Gasteiger charge is 2.03. The Morgan fingerprint density at radius 3 is 2.71 bits per heavy atom. The summed E-state index contributed by atoms with van der Waals surface area (Å²) in [5.41, 5.74) is 3.18. The fraction of sp³-hybridized carbons (Fsp3) is 0.273. The summed E-state index contributed by atoms with van der Waals surface area (Å²) in [6.45, 7) is 4.03. The van der Waals surface area contributed by atoms with Gasteiger partial charge >= 0.3 is 0 Å². The molecule has 0 N–H and O–H groups in total. The molecule has 1 aromatic heterocycles. The molecule has 1 aromatic carbocycles. The van der Waals surface area contributed by atoms with E-state index in [0.717, 1.165) is 16.6 Å². The van der Waals surface area contributed by atoms with Gasteiger partial charge in [-0.05, 0) is 25.5 Å². The quantitative estimate of drug-likeness (QED) is 0.671. The Balaban J connectivity index is 2.77. The number of hydrogen-bond donors (Lipinski definition) is 0. The minimum absolute atomic E-state index is 0.366. The van der Waals surface area contributed by atoms with Crippen molar-refractivity contribution in [3.05, 3.63) is 35.3 Å². The van der Waals surface area contributed by atoms with Crippen LogP contribution >= 0.6 is 11.6 Å². The molecule has 2 aromatic rings. The largest absolute Gasteiger partial charge is 0.236 e. The minimum Gasteiger partial charge on any atom is -0.236 e. The fourth-order valence-electron chi connectivity index (χ4n) is 1.52. The zero-order valence-electron chi connectivity index (χ0n) is 8.21. The Hall–Kier alpha value is -1.15. The molecule has 0 aliphatic carbocycles. The fourth-order valence-corrected chi connectivity index (χ4v) is 1.64. The third-order valence-corrected chi connectivity index (χ3v) is 2.45. The second-order valence-corrected chi connectivity index (χ2v) is 3.65. The molecule has 72 valence electrons. The number of rotatable bonds is 1. The van der Waals surface area contributed by atoms with Crippen molar-refractivity contribution in [3.8, 4) is 0 Å². The van der Waals surface area contributed by atoms with Crippen LogP contribution in [0.5, 0.6) is 0 Å². The molecule has 0 radical (unpaired) electrons. The van der Waals surface area contributed by atoms with Gasteiger partial charge in [0.2, 0.25) is 0 Å². The molecular weight excluding hydrogens is 196 g/mol. The Kier molecular flexibility index (Phi) is 2.38. The van der Waals surface area contributed by atoms with E-state index in [1.54, 1.807) is 0 Å². The van der Waals surface area contributed by atoms with Gasteiger partial charge in [-0.3, -0.25) is 0 Å². The normalized spacial score (nSPS) is 10.8. The zero-order valence-corrected chi connectivity index (χ0v) is 8.97. The number of benzene rings is 1. The molecule has 2 nitrogen and oxygen atoms in total. The Morgan fingerprint density at radius 2 is 2.00 bits per heavy atom. The maximum absolute atomic E-state index is 5.71. The standard InChI is InChI=1S/C11H11ClN2/c1-7-3-4-9-8(2)13-11(6-12)14-10(9)5-7/h3-5H,6H2,1-2H3. The average molecular weight is 207 g/mol. The molecular formula is C11H11ClN2. The zero-order chi connectivity index (χ0) is 10.1.